The first-order chi connectivity index (χ1) is 5.24. The van der Waals surface area contributed by atoms with Crippen LogP contribution in [0.3, 0.4) is 0 Å². The lowest BCUT2D eigenvalue weighted by Gasteiger charge is -1.90. The summed E-state index contributed by atoms with van der Waals surface area (Å²) in [7, 11) is 0. The molecule has 1 N–H and O–H groups in total. The Morgan fingerprint density at radius 3 is 2.91 bits per heavy atom. The van der Waals surface area contributed by atoms with Crippen LogP contribution in [0.4, 0.5) is 10.2 Å². The van der Waals surface area contributed by atoms with E-state index >= 15 is 0 Å². The molecule has 0 saturated carbocycles. The highest BCUT2D eigenvalue weighted by molar-refractivity contribution is 7.04. The molecular weight excluding hydrogens is 173 g/mol. The number of amides is 1. The molecule has 0 atom stereocenters. The smallest absolute Gasteiger partial charge is 0.289 e. The summed E-state index contributed by atoms with van der Waals surface area (Å²) in [5.41, 5.74) is 0. The van der Waals surface area contributed by atoms with Gasteiger partial charge in [0.1, 0.15) is 0 Å². The van der Waals surface area contributed by atoms with Crippen molar-refractivity contribution in [2.75, 3.05) is 5.32 Å². The Labute approximate surface area is 64.4 Å². The van der Waals surface area contributed by atoms with Crippen molar-refractivity contribution < 1.29 is 14.0 Å². The minimum atomic E-state index is -0.948. The zero-order chi connectivity index (χ0) is 8.27. The van der Waals surface area contributed by atoms with Gasteiger partial charge in [0.25, 0.3) is 5.91 Å². The van der Waals surface area contributed by atoms with Gasteiger partial charge in [0.05, 0.1) is 0 Å². The first kappa shape index (κ1) is 7.73. The van der Waals surface area contributed by atoms with Crippen LogP contribution < -0.4 is 5.32 Å². The molecule has 1 rings (SSSR count). The lowest BCUT2D eigenvalue weighted by Crippen LogP contribution is -2.13. The second-order valence-electron chi connectivity index (χ2n) is 1.50. The molecule has 11 heavy (non-hydrogen) atoms. The van der Waals surface area contributed by atoms with Crippen molar-refractivity contribution in [2.45, 2.75) is 0 Å². The number of nitrogens with one attached hydrogen (secondary N) is 1. The fraction of sp³-hybridized carbons (Fsp3) is 0. The summed E-state index contributed by atoms with van der Waals surface area (Å²) in [5.74, 6) is -1.26. The zero-order valence-electron chi connectivity index (χ0n) is 5.07. The molecule has 1 amide bonds. The Morgan fingerprint density at radius 2 is 2.45 bits per heavy atom. The molecule has 0 aromatic carbocycles. The summed E-state index contributed by atoms with van der Waals surface area (Å²) in [5, 5.41) is 4.38. The van der Waals surface area contributed by atoms with Crippen LogP contribution in [-0.4, -0.2) is 21.8 Å². The third-order valence-corrected chi connectivity index (χ3v) is 1.31. The third-order valence-electron chi connectivity index (χ3n) is 0.797. The van der Waals surface area contributed by atoms with Gasteiger partial charge in [-0.2, -0.15) is 4.39 Å². The minimum absolute atomic E-state index is 0.0266. The van der Waals surface area contributed by atoms with Crippen LogP contribution in [-0.2, 0) is 9.59 Å². The third kappa shape index (κ3) is 1.77. The number of rotatable bonds is 2. The van der Waals surface area contributed by atoms with Crippen LogP contribution in [0.15, 0.2) is 0 Å². The molecular formula is C4H2FN3O2S. The molecule has 1 aromatic heterocycles. The molecule has 1 heterocycles. The predicted octanol–water partition coefficient (Wildman–Crippen LogP) is -0.185. The SMILES string of the molecule is O=CC(=O)Nc1nnsc1F. The first-order valence-corrected chi connectivity index (χ1v) is 3.25. The number of nitrogens with zero attached hydrogens (tertiary/aromatic N) is 2. The normalized spacial score (nSPS) is 9.18. The Bertz CT molecular complexity index is 287. The standard InChI is InChI=1S/C4H2FN3O2S/c5-3-4(7-8-11-3)6-2(10)1-9/h1H,(H,6,10). The molecule has 0 bridgehead atoms. The van der Waals surface area contributed by atoms with Crippen molar-refractivity contribution in [1.82, 2.24) is 9.59 Å². The highest BCUT2D eigenvalue weighted by atomic mass is 32.1. The molecule has 7 heteroatoms. The molecule has 0 aliphatic heterocycles. The largest absolute Gasteiger partial charge is 0.299 e. The van der Waals surface area contributed by atoms with Gasteiger partial charge in [-0.25, -0.2) is 0 Å². The molecule has 58 valence electrons. The summed E-state index contributed by atoms with van der Waals surface area (Å²) in [4.78, 5) is 20.1. The van der Waals surface area contributed by atoms with E-state index in [1.807, 2.05) is 5.32 Å². The highest BCUT2D eigenvalue weighted by Gasteiger charge is 2.08. The van der Waals surface area contributed by atoms with Gasteiger partial charge in [0.15, 0.2) is 0 Å². The molecule has 0 saturated heterocycles. The number of hydrogen-bond acceptors (Lipinski definition) is 5. The van der Waals surface area contributed by atoms with Crippen LogP contribution in [0.25, 0.3) is 0 Å². The first-order valence-electron chi connectivity index (χ1n) is 2.48. The van der Waals surface area contributed by atoms with E-state index in [-0.39, 0.29) is 12.1 Å². The van der Waals surface area contributed by atoms with Crippen molar-refractivity contribution >= 4 is 29.5 Å². The van der Waals surface area contributed by atoms with E-state index < -0.39 is 11.0 Å². The molecule has 0 radical (unpaired) electrons. The summed E-state index contributed by atoms with van der Waals surface area (Å²) in [6.07, 6.45) is 0.0266. The number of aldehydes is 1. The van der Waals surface area contributed by atoms with Crippen LogP contribution in [0.1, 0.15) is 0 Å². The van der Waals surface area contributed by atoms with Gasteiger partial charge in [0.2, 0.25) is 17.2 Å². The van der Waals surface area contributed by atoms with E-state index in [4.69, 9.17) is 0 Å². The van der Waals surface area contributed by atoms with E-state index in [0.717, 1.165) is 0 Å². The van der Waals surface area contributed by atoms with Gasteiger partial charge < -0.3 is 0 Å². The quantitative estimate of drug-likeness (QED) is 0.499. The molecule has 0 spiro atoms. The van der Waals surface area contributed by atoms with Crippen molar-refractivity contribution in [1.29, 1.82) is 0 Å². The Balaban J connectivity index is 2.71. The second-order valence-corrected chi connectivity index (χ2v) is 2.21. The van der Waals surface area contributed by atoms with Gasteiger partial charge in [-0.3, -0.25) is 14.9 Å². The fourth-order valence-corrected chi connectivity index (χ4v) is 0.772. The van der Waals surface area contributed by atoms with Gasteiger partial charge in [-0.15, -0.1) is 5.10 Å². The average molecular weight is 175 g/mol. The molecule has 1 aromatic rings. The second kappa shape index (κ2) is 3.15. The van der Waals surface area contributed by atoms with Crippen molar-refractivity contribution in [3.05, 3.63) is 5.13 Å². The van der Waals surface area contributed by atoms with Crippen LogP contribution in [0.5, 0.6) is 0 Å². The number of anilines is 1. The average Bonchev–Trinajstić information content (AvgIpc) is 2.37. The summed E-state index contributed by atoms with van der Waals surface area (Å²) < 4.78 is 15.6. The van der Waals surface area contributed by atoms with Gasteiger partial charge in [-0.1, -0.05) is 4.49 Å². The van der Waals surface area contributed by atoms with Gasteiger partial charge in [0, 0.05) is 11.5 Å². The summed E-state index contributed by atoms with van der Waals surface area (Å²) >= 11 is 0.498. The maximum Gasteiger partial charge on any atom is 0.289 e. The molecule has 5 nitrogen and oxygen atoms in total. The van der Waals surface area contributed by atoms with Gasteiger partial charge >= 0.3 is 0 Å². The van der Waals surface area contributed by atoms with Crippen molar-refractivity contribution in [3.63, 3.8) is 0 Å². The Kier molecular flexibility index (Phi) is 2.21. The minimum Gasteiger partial charge on any atom is -0.299 e. The number of hydrogen-bond donors (Lipinski definition) is 1. The van der Waals surface area contributed by atoms with Crippen molar-refractivity contribution in [2.24, 2.45) is 0 Å². The lowest BCUT2D eigenvalue weighted by molar-refractivity contribution is -0.127. The summed E-state index contributed by atoms with van der Waals surface area (Å²) in [6, 6.07) is 0. The monoisotopic (exact) mass is 175 g/mol. The Hall–Kier alpha value is -1.37. The Morgan fingerprint density at radius 1 is 1.73 bits per heavy atom. The molecule has 0 fully saturated rings. The molecule has 0 unspecified atom stereocenters. The number of aromatic nitrogens is 2. The lowest BCUT2D eigenvalue weighted by atomic mass is 10.6. The molecule has 0 aliphatic rings. The zero-order valence-corrected chi connectivity index (χ0v) is 5.89. The van der Waals surface area contributed by atoms with E-state index in [1.165, 1.54) is 0 Å². The topological polar surface area (TPSA) is 72.0 Å². The van der Waals surface area contributed by atoms with Crippen LogP contribution in [0.2, 0.25) is 0 Å². The fourth-order valence-electron chi connectivity index (χ4n) is 0.400. The molecule has 0 aliphatic carbocycles. The van der Waals surface area contributed by atoms with Crippen molar-refractivity contribution in [3.8, 4) is 0 Å². The maximum absolute atomic E-state index is 12.4. The van der Waals surface area contributed by atoms with E-state index in [1.54, 1.807) is 0 Å². The van der Waals surface area contributed by atoms with E-state index in [9.17, 15) is 14.0 Å². The number of halogens is 1. The maximum atomic E-state index is 12.4. The van der Waals surface area contributed by atoms with Crippen LogP contribution in [0, 0.1) is 5.13 Å². The van der Waals surface area contributed by atoms with E-state index in [2.05, 4.69) is 9.59 Å². The summed E-state index contributed by atoms with van der Waals surface area (Å²) in [6.45, 7) is 0. The highest BCUT2D eigenvalue weighted by Crippen LogP contribution is 2.11. The number of carbonyl (C=O) groups excluding carboxylic acids is 2. The van der Waals surface area contributed by atoms with E-state index in [0.29, 0.717) is 11.5 Å². The number of carbonyl (C=O) groups is 2. The predicted molar refractivity (Wildman–Crippen MR) is 34.6 cm³/mol. The van der Waals surface area contributed by atoms with Gasteiger partial charge in [-0.05, 0) is 0 Å². The van der Waals surface area contributed by atoms with Crippen LogP contribution >= 0.6 is 11.5 Å².